The third kappa shape index (κ3) is 1.52. The van der Waals surface area contributed by atoms with Crippen molar-refractivity contribution >= 4 is 0 Å². The predicted molar refractivity (Wildman–Crippen MR) is 52.2 cm³/mol. The van der Waals surface area contributed by atoms with E-state index in [2.05, 4.69) is 18.7 Å². The van der Waals surface area contributed by atoms with Gasteiger partial charge in [-0.2, -0.15) is 0 Å². The Hall–Kier alpha value is -0.0400. The first-order valence-corrected chi connectivity index (χ1v) is 5.51. The number of hydrogen-bond acceptors (Lipinski definition) is 1. The maximum atomic E-state index is 2.60. The zero-order valence-corrected chi connectivity index (χ0v) is 8.42. The second-order valence-electron chi connectivity index (χ2n) is 4.85. The highest BCUT2D eigenvalue weighted by Crippen LogP contribution is 2.36. The van der Waals surface area contributed by atoms with Crippen molar-refractivity contribution in [2.24, 2.45) is 11.8 Å². The number of nitrogens with zero attached hydrogens (tertiary/aromatic N) is 1. The molecule has 0 radical (unpaired) electrons. The highest BCUT2D eigenvalue weighted by Gasteiger charge is 2.35. The molecule has 1 aliphatic heterocycles. The quantitative estimate of drug-likeness (QED) is 0.611. The molecule has 0 bridgehead atoms. The molecule has 1 heteroatoms. The largest absolute Gasteiger partial charge is 0.300 e. The summed E-state index contributed by atoms with van der Waals surface area (Å²) in [5.74, 6) is 2.16. The Labute approximate surface area is 76.1 Å². The van der Waals surface area contributed by atoms with Gasteiger partial charge in [0.15, 0.2) is 0 Å². The zero-order chi connectivity index (χ0) is 8.55. The molecule has 12 heavy (non-hydrogen) atoms. The van der Waals surface area contributed by atoms with Crippen LogP contribution < -0.4 is 0 Å². The standard InChI is InChI=1S/C11H21N/c1-9(2)12-7-11(8-12)10-5-3-4-6-10/h9-11H,3-8H2,1-2H3. The van der Waals surface area contributed by atoms with Crippen LogP contribution in [0.15, 0.2) is 0 Å². The first-order chi connectivity index (χ1) is 5.77. The van der Waals surface area contributed by atoms with Crippen molar-refractivity contribution < 1.29 is 0 Å². The van der Waals surface area contributed by atoms with Gasteiger partial charge in [-0.15, -0.1) is 0 Å². The summed E-state index contributed by atoms with van der Waals surface area (Å²) in [6.07, 6.45) is 6.05. The molecule has 0 aromatic carbocycles. The van der Waals surface area contributed by atoms with E-state index in [1.807, 2.05) is 0 Å². The van der Waals surface area contributed by atoms with Crippen LogP contribution in [0.2, 0.25) is 0 Å². The molecular weight excluding hydrogens is 146 g/mol. The van der Waals surface area contributed by atoms with E-state index in [1.54, 1.807) is 0 Å². The van der Waals surface area contributed by atoms with Gasteiger partial charge in [0, 0.05) is 19.1 Å². The van der Waals surface area contributed by atoms with Crippen molar-refractivity contribution in [2.45, 2.75) is 45.6 Å². The van der Waals surface area contributed by atoms with Crippen LogP contribution in [-0.2, 0) is 0 Å². The van der Waals surface area contributed by atoms with Crippen LogP contribution >= 0.6 is 0 Å². The monoisotopic (exact) mass is 167 g/mol. The Balaban J connectivity index is 1.73. The normalized spacial score (nSPS) is 28.2. The van der Waals surface area contributed by atoms with Gasteiger partial charge in [0.1, 0.15) is 0 Å². The smallest absolute Gasteiger partial charge is 0.00388 e. The molecule has 0 amide bonds. The lowest BCUT2D eigenvalue weighted by Gasteiger charge is -2.45. The highest BCUT2D eigenvalue weighted by molar-refractivity contribution is 4.88. The molecule has 2 aliphatic rings. The molecule has 1 saturated heterocycles. The van der Waals surface area contributed by atoms with Gasteiger partial charge in [-0.1, -0.05) is 25.7 Å². The minimum atomic E-state index is 0.780. The zero-order valence-electron chi connectivity index (χ0n) is 8.42. The van der Waals surface area contributed by atoms with Gasteiger partial charge in [0.25, 0.3) is 0 Å². The van der Waals surface area contributed by atoms with E-state index >= 15 is 0 Å². The Morgan fingerprint density at radius 3 is 2.08 bits per heavy atom. The lowest BCUT2D eigenvalue weighted by atomic mass is 9.84. The summed E-state index contributed by atoms with van der Waals surface area (Å²) >= 11 is 0. The highest BCUT2D eigenvalue weighted by atomic mass is 15.2. The van der Waals surface area contributed by atoms with Gasteiger partial charge in [-0.05, 0) is 25.7 Å². The maximum absolute atomic E-state index is 2.60. The summed E-state index contributed by atoms with van der Waals surface area (Å²) in [6.45, 7) is 7.40. The SMILES string of the molecule is CC(C)N1CC(C2CCCC2)C1. The molecule has 2 rings (SSSR count). The summed E-state index contributed by atoms with van der Waals surface area (Å²) in [5.41, 5.74) is 0. The van der Waals surface area contributed by atoms with Crippen molar-refractivity contribution in [3.8, 4) is 0 Å². The lowest BCUT2D eigenvalue weighted by molar-refractivity contribution is 0.0328. The van der Waals surface area contributed by atoms with Crippen LogP contribution in [0.4, 0.5) is 0 Å². The minimum Gasteiger partial charge on any atom is -0.300 e. The first-order valence-electron chi connectivity index (χ1n) is 5.51. The topological polar surface area (TPSA) is 3.24 Å². The van der Waals surface area contributed by atoms with Gasteiger partial charge in [0.05, 0.1) is 0 Å². The van der Waals surface area contributed by atoms with Crippen molar-refractivity contribution in [1.29, 1.82) is 0 Å². The van der Waals surface area contributed by atoms with E-state index in [-0.39, 0.29) is 0 Å². The summed E-state index contributed by atoms with van der Waals surface area (Å²) in [6, 6.07) is 0.780. The van der Waals surface area contributed by atoms with Gasteiger partial charge in [-0.25, -0.2) is 0 Å². The fourth-order valence-electron chi connectivity index (χ4n) is 2.70. The van der Waals surface area contributed by atoms with Crippen LogP contribution in [0.25, 0.3) is 0 Å². The van der Waals surface area contributed by atoms with E-state index in [0.29, 0.717) is 0 Å². The number of likely N-dealkylation sites (tertiary alicyclic amines) is 1. The van der Waals surface area contributed by atoms with Crippen molar-refractivity contribution in [2.75, 3.05) is 13.1 Å². The summed E-state index contributed by atoms with van der Waals surface area (Å²) in [4.78, 5) is 2.60. The van der Waals surface area contributed by atoms with Crippen molar-refractivity contribution in [3.63, 3.8) is 0 Å². The molecule has 2 fully saturated rings. The fourth-order valence-corrected chi connectivity index (χ4v) is 2.70. The van der Waals surface area contributed by atoms with Crippen molar-refractivity contribution in [1.82, 2.24) is 4.90 Å². The fraction of sp³-hybridized carbons (Fsp3) is 1.00. The van der Waals surface area contributed by atoms with Crippen LogP contribution in [0.1, 0.15) is 39.5 Å². The average molecular weight is 167 g/mol. The van der Waals surface area contributed by atoms with Gasteiger partial charge < -0.3 is 4.90 Å². The number of hydrogen-bond donors (Lipinski definition) is 0. The first kappa shape index (κ1) is 8.55. The van der Waals surface area contributed by atoms with Crippen LogP contribution in [0.5, 0.6) is 0 Å². The van der Waals surface area contributed by atoms with Crippen molar-refractivity contribution in [3.05, 3.63) is 0 Å². The van der Waals surface area contributed by atoms with E-state index in [0.717, 1.165) is 17.9 Å². The molecule has 0 unspecified atom stereocenters. The molecule has 70 valence electrons. The summed E-state index contributed by atoms with van der Waals surface area (Å²) in [7, 11) is 0. The van der Waals surface area contributed by atoms with Gasteiger partial charge in [-0.3, -0.25) is 0 Å². The van der Waals surface area contributed by atoms with Gasteiger partial charge in [0.2, 0.25) is 0 Å². The molecular formula is C11H21N. The van der Waals surface area contributed by atoms with E-state index in [1.165, 1.54) is 38.8 Å². The molecule has 1 aliphatic carbocycles. The van der Waals surface area contributed by atoms with E-state index in [9.17, 15) is 0 Å². The second kappa shape index (κ2) is 3.37. The van der Waals surface area contributed by atoms with Gasteiger partial charge >= 0.3 is 0 Å². The predicted octanol–water partition coefficient (Wildman–Crippen LogP) is 2.52. The van der Waals surface area contributed by atoms with E-state index < -0.39 is 0 Å². The molecule has 1 saturated carbocycles. The molecule has 0 aromatic heterocycles. The Morgan fingerprint density at radius 1 is 1.00 bits per heavy atom. The third-order valence-corrected chi connectivity index (χ3v) is 3.73. The maximum Gasteiger partial charge on any atom is 0.00388 e. The molecule has 1 heterocycles. The van der Waals surface area contributed by atoms with Crippen LogP contribution in [-0.4, -0.2) is 24.0 Å². The Kier molecular flexibility index (Phi) is 2.40. The minimum absolute atomic E-state index is 0.780. The molecule has 1 nitrogen and oxygen atoms in total. The molecule has 0 N–H and O–H groups in total. The average Bonchev–Trinajstić information content (AvgIpc) is 2.34. The molecule has 0 spiro atoms. The Morgan fingerprint density at radius 2 is 1.58 bits per heavy atom. The number of rotatable bonds is 2. The van der Waals surface area contributed by atoms with E-state index in [4.69, 9.17) is 0 Å². The third-order valence-electron chi connectivity index (χ3n) is 3.73. The summed E-state index contributed by atoms with van der Waals surface area (Å²) < 4.78 is 0. The lowest BCUT2D eigenvalue weighted by Crippen LogP contribution is -2.52. The molecule has 0 atom stereocenters. The second-order valence-corrected chi connectivity index (χ2v) is 4.85. The summed E-state index contributed by atoms with van der Waals surface area (Å²) in [5, 5.41) is 0. The van der Waals surface area contributed by atoms with Crippen LogP contribution in [0.3, 0.4) is 0 Å². The molecule has 0 aromatic rings. The van der Waals surface area contributed by atoms with Crippen LogP contribution in [0, 0.1) is 11.8 Å². The Bertz CT molecular complexity index is 141.